The molecule has 0 aliphatic heterocycles. The highest BCUT2D eigenvalue weighted by atomic mass is 32.2. The van der Waals surface area contributed by atoms with Gasteiger partial charge in [-0.25, -0.2) is 27.3 Å². The molecule has 2 aromatic heterocycles. The van der Waals surface area contributed by atoms with Gasteiger partial charge in [0.2, 0.25) is 10.0 Å². The second-order valence-corrected chi connectivity index (χ2v) is 10.1. The van der Waals surface area contributed by atoms with Crippen LogP contribution in [0.5, 0.6) is 0 Å². The largest absolute Gasteiger partial charge is 0.323 e. The molecule has 0 saturated heterocycles. The molecule has 0 unspecified atom stereocenters. The normalized spacial score (nSPS) is 14.2. The Balaban J connectivity index is 1.73. The van der Waals surface area contributed by atoms with Gasteiger partial charge in [-0.15, -0.1) is 0 Å². The Kier molecular flexibility index (Phi) is 5.25. The van der Waals surface area contributed by atoms with Crippen molar-refractivity contribution in [1.82, 2.24) is 14.5 Å². The Bertz CT molecular complexity index is 1460. The van der Waals surface area contributed by atoms with Crippen LogP contribution in [0.4, 0.5) is 8.78 Å². The highest BCUT2D eigenvalue weighted by Gasteiger charge is 2.27. The van der Waals surface area contributed by atoms with Crippen molar-refractivity contribution in [2.75, 3.05) is 0 Å². The van der Waals surface area contributed by atoms with E-state index in [1.165, 1.54) is 0 Å². The number of imidazole rings is 1. The number of primary sulfonamides is 1. The van der Waals surface area contributed by atoms with Crippen molar-refractivity contribution < 1.29 is 17.2 Å². The Morgan fingerprint density at radius 1 is 1.12 bits per heavy atom. The average Bonchev–Trinajstić information content (AvgIpc) is 3.51. The van der Waals surface area contributed by atoms with E-state index < -0.39 is 26.6 Å². The minimum atomic E-state index is -4.23. The van der Waals surface area contributed by atoms with Gasteiger partial charge in [-0.3, -0.25) is 4.98 Å². The van der Waals surface area contributed by atoms with E-state index in [1.54, 1.807) is 6.20 Å². The van der Waals surface area contributed by atoms with E-state index in [4.69, 9.17) is 10.1 Å². The maximum absolute atomic E-state index is 14.9. The van der Waals surface area contributed by atoms with Crippen LogP contribution in [0.2, 0.25) is 0 Å². The van der Waals surface area contributed by atoms with Gasteiger partial charge >= 0.3 is 0 Å². The fourth-order valence-corrected chi connectivity index (χ4v) is 4.71. The molecule has 2 heterocycles. The number of sulfonamides is 1. The second kappa shape index (κ2) is 8.00. The first-order valence-electron chi connectivity index (χ1n) is 10.6. The third-order valence-electron chi connectivity index (χ3n) is 6.04. The quantitative estimate of drug-likeness (QED) is 0.456. The molecule has 1 saturated carbocycles. The first-order valence-corrected chi connectivity index (χ1v) is 12.2. The smallest absolute Gasteiger partial charge is 0.238 e. The number of benzene rings is 2. The van der Waals surface area contributed by atoms with E-state index in [-0.39, 0.29) is 12.1 Å². The highest BCUT2D eigenvalue weighted by molar-refractivity contribution is 7.89. The van der Waals surface area contributed by atoms with Gasteiger partial charge in [-0.2, -0.15) is 0 Å². The summed E-state index contributed by atoms with van der Waals surface area (Å²) in [5.41, 5.74) is 3.71. The van der Waals surface area contributed by atoms with Crippen LogP contribution < -0.4 is 5.14 Å². The molecule has 6 nitrogen and oxygen atoms in total. The Labute approximate surface area is 190 Å². The summed E-state index contributed by atoms with van der Waals surface area (Å²) in [6.45, 7) is 1.76. The topological polar surface area (TPSA) is 90.9 Å². The highest BCUT2D eigenvalue weighted by Crippen LogP contribution is 2.36. The molecule has 2 N–H and O–H groups in total. The zero-order valence-electron chi connectivity index (χ0n) is 17.9. The summed E-state index contributed by atoms with van der Waals surface area (Å²) in [5, 5.41) is 5.06. The molecule has 1 aliphatic carbocycles. The summed E-state index contributed by atoms with van der Waals surface area (Å²) in [7, 11) is -4.23. The lowest BCUT2D eigenvalue weighted by molar-refractivity contribution is 0.532. The van der Waals surface area contributed by atoms with E-state index in [0.717, 1.165) is 53.1 Å². The summed E-state index contributed by atoms with van der Waals surface area (Å²) in [6, 6.07) is 11.2. The number of aryl methyl sites for hydroxylation is 1. The van der Waals surface area contributed by atoms with Crippen LogP contribution in [-0.2, 0) is 23.0 Å². The number of hydrogen-bond donors (Lipinski definition) is 1. The number of nitrogens with two attached hydrogens (primary N) is 1. The Hall–Kier alpha value is -3.17. The zero-order valence-corrected chi connectivity index (χ0v) is 18.7. The van der Waals surface area contributed by atoms with E-state index in [2.05, 4.69) is 4.98 Å². The molecule has 5 rings (SSSR count). The molecule has 2 aromatic carbocycles. The summed E-state index contributed by atoms with van der Waals surface area (Å²) in [4.78, 5) is 8.68. The van der Waals surface area contributed by atoms with Crippen molar-refractivity contribution in [1.29, 1.82) is 0 Å². The number of rotatable bonds is 6. The summed E-state index contributed by atoms with van der Waals surface area (Å²) >= 11 is 0. The van der Waals surface area contributed by atoms with Crippen LogP contribution in [0.25, 0.3) is 22.2 Å². The molecule has 4 aromatic rings. The lowest BCUT2D eigenvalue weighted by Gasteiger charge is -2.15. The van der Waals surface area contributed by atoms with Gasteiger partial charge in [-0.05, 0) is 43.4 Å². The fraction of sp³-hybridized carbons (Fsp3) is 0.250. The molecule has 170 valence electrons. The SMILES string of the molecule is Cc1ncc2nc(CC3CC3)n(Cc3c(F)cc(S(N)(=O)=O)cc3F)c2c1-c1ccccc1. The molecule has 9 heteroatoms. The number of fused-ring (bicyclic) bond motifs is 1. The first-order chi connectivity index (χ1) is 15.7. The zero-order chi connectivity index (χ0) is 23.3. The molecule has 0 radical (unpaired) electrons. The van der Waals surface area contributed by atoms with Crippen molar-refractivity contribution in [2.24, 2.45) is 11.1 Å². The van der Waals surface area contributed by atoms with Crippen molar-refractivity contribution in [3.8, 4) is 11.1 Å². The van der Waals surface area contributed by atoms with Gasteiger partial charge in [0.1, 0.15) is 23.0 Å². The monoisotopic (exact) mass is 468 g/mol. The maximum Gasteiger partial charge on any atom is 0.238 e. The van der Waals surface area contributed by atoms with E-state index in [0.29, 0.717) is 17.9 Å². The minimum absolute atomic E-state index is 0.135. The predicted molar refractivity (Wildman–Crippen MR) is 121 cm³/mol. The molecule has 1 aliphatic rings. The van der Waals surface area contributed by atoms with Crippen molar-refractivity contribution in [3.05, 3.63) is 77.4 Å². The average molecular weight is 469 g/mol. The van der Waals surface area contributed by atoms with Gasteiger partial charge in [-0.1, -0.05) is 30.3 Å². The van der Waals surface area contributed by atoms with Gasteiger partial charge in [0.05, 0.1) is 23.2 Å². The first kappa shape index (κ1) is 21.7. The number of aromatic nitrogens is 3. The van der Waals surface area contributed by atoms with Crippen LogP contribution in [0, 0.1) is 24.5 Å². The number of pyridine rings is 1. The van der Waals surface area contributed by atoms with Crippen LogP contribution in [0.3, 0.4) is 0 Å². The van der Waals surface area contributed by atoms with Crippen LogP contribution >= 0.6 is 0 Å². The summed E-state index contributed by atoms with van der Waals surface area (Å²) in [6.07, 6.45) is 4.57. The van der Waals surface area contributed by atoms with Crippen LogP contribution in [0.1, 0.15) is 29.9 Å². The lowest BCUT2D eigenvalue weighted by atomic mass is 10.0. The fourth-order valence-electron chi connectivity index (χ4n) is 4.18. The number of hydrogen-bond acceptors (Lipinski definition) is 4. The van der Waals surface area contributed by atoms with Gasteiger partial charge in [0.15, 0.2) is 0 Å². The van der Waals surface area contributed by atoms with Crippen molar-refractivity contribution in [3.63, 3.8) is 0 Å². The Morgan fingerprint density at radius 2 is 1.79 bits per heavy atom. The molecular formula is C24H22F2N4O2S. The molecule has 0 bridgehead atoms. The predicted octanol–water partition coefficient (Wildman–Crippen LogP) is 4.33. The van der Waals surface area contributed by atoms with Gasteiger partial charge < -0.3 is 4.57 Å². The van der Waals surface area contributed by atoms with Crippen molar-refractivity contribution >= 4 is 21.1 Å². The molecule has 0 atom stereocenters. The number of halogens is 2. The maximum atomic E-state index is 14.9. The van der Waals surface area contributed by atoms with Crippen LogP contribution in [-0.4, -0.2) is 23.0 Å². The second-order valence-electron chi connectivity index (χ2n) is 8.49. The summed E-state index contributed by atoms with van der Waals surface area (Å²) in [5.74, 6) is -0.712. The lowest BCUT2D eigenvalue weighted by Crippen LogP contribution is -2.15. The van der Waals surface area contributed by atoms with Crippen LogP contribution in [0.15, 0.2) is 53.6 Å². The molecule has 33 heavy (non-hydrogen) atoms. The molecule has 0 spiro atoms. The minimum Gasteiger partial charge on any atom is -0.323 e. The molecule has 0 amide bonds. The molecular weight excluding hydrogens is 446 g/mol. The third-order valence-corrected chi connectivity index (χ3v) is 6.94. The van der Waals surface area contributed by atoms with Gasteiger partial charge in [0.25, 0.3) is 0 Å². The standard InChI is InChI=1S/C24H22F2N4O2S/c1-14-23(16-5-3-2-4-6-16)24-21(12-28-14)29-22(9-15-7-8-15)30(24)13-18-19(25)10-17(11-20(18)26)33(27,31)32/h2-6,10-12,15H,7-9,13H2,1H3,(H2,27,31,32). The van der Waals surface area contributed by atoms with E-state index in [1.807, 2.05) is 41.8 Å². The van der Waals surface area contributed by atoms with Gasteiger partial charge in [0, 0.05) is 23.2 Å². The Morgan fingerprint density at radius 3 is 2.39 bits per heavy atom. The van der Waals surface area contributed by atoms with E-state index >= 15 is 0 Å². The van der Waals surface area contributed by atoms with Crippen molar-refractivity contribution in [2.45, 2.75) is 37.6 Å². The third kappa shape index (κ3) is 4.14. The van der Waals surface area contributed by atoms with E-state index in [9.17, 15) is 17.2 Å². The molecule has 1 fully saturated rings. The summed E-state index contributed by atoms with van der Waals surface area (Å²) < 4.78 is 54.9. The number of nitrogens with zero attached hydrogens (tertiary/aromatic N) is 3.